The number of rotatable bonds is 6. The van der Waals surface area contributed by atoms with E-state index >= 15 is 0 Å². The number of aryl methyl sites for hydroxylation is 1. The smallest absolute Gasteiger partial charge is 0.0486 e. The molecule has 0 atom stereocenters. The Kier molecular flexibility index (Phi) is 7.65. The number of aromatic nitrogens is 1. The molecule has 0 aliphatic heterocycles. The molecular weight excluding hydrogens is 593 g/mol. The molecule has 0 fully saturated rings. The van der Waals surface area contributed by atoms with Crippen LogP contribution in [0, 0.1) is 0 Å². The molecule has 1 aromatic heterocycles. The molecule has 0 radical (unpaired) electrons. The van der Waals surface area contributed by atoms with Crippen LogP contribution >= 0.6 is 0 Å². The standard InChI is InChI=1S/C47H40N2/c1-47(2,3)46-45(43-18-10-11-20-44(43)48(46)4)37-25-31-40(32-26-37)49(38-27-21-34(22-28-38)33-13-6-5-7-14-33)39-29-23-36(24-30-39)42-19-12-16-35-15-8-9-17-41(35)42/h5-32H,1-4H3. The number of anilines is 3. The van der Waals surface area contributed by atoms with Gasteiger partial charge in [-0.25, -0.2) is 0 Å². The fourth-order valence-corrected chi connectivity index (χ4v) is 7.49. The van der Waals surface area contributed by atoms with Crippen molar-refractivity contribution in [1.82, 2.24) is 4.57 Å². The first-order valence-corrected chi connectivity index (χ1v) is 17.1. The Bertz CT molecular complexity index is 2390. The van der Waals surface area contributed by atoms with Crippen LogP contribution in [0.15, 0.2) is 170 Å². The zero-order chi connectivity index (χ0) is 33.5. The maximum atomic E-state index is 2.37. The lowest BCUT2D eigenvalue weighted by Crippen LogP contribution is -2.17. The largest absolute Gasteiger partial charge is 0.347 e. The Morgan fingerprint density at radius 1 is 0.429 bits per heavy atom. The summed E-state index contributed by atoms with van der Waals surface area (Å²) in [5, 5.41) is 3.81. The second-order valence-corrected chi connectivity index (χ2v) is 13.9. The summed E-state index contributed by atoms with van der Waals surface area (Å²) in [7, 11) is 2.20. The normalized spacial score (nSPS) is 11.7. The van der Waals surface area contributed by atoms with Gasteiger partial charge >= 0.3 is 0 Å². The number of hydrogen-bond donors (Lipinski definition) is 0. The molecule has 0 saturated heterocycles. The van der Waals surface area contributed by atoms with Crippen molar-refractivity contribution in [3.63, 3.8) is 0 Å². The van der Waals surface area contributed by atoms with Crippen molar-refractivity contribution in [2.45, 2.75) is 26.2 Å². The number of para-hydroxylation sites is 1. The van der Waals surface area contributed by atoms with Crippen molar-refractivity contribution >= 4 is 38.7 Å². The van der Waals surface area contributed by atoms with E-state index in [2.05, 4.69) is 207 Å². The third-order valence-corrected chi connectivity index (χ3v) is 9.69. The highest BCUT2D eigenvalue weighted by molar-refractivity contribution is 5.99. The summed E-state index contributed by atoms with van der Waals surface area (Å²) in [6.45, 7) is 6.92. The van der Waals surface area contributed by atoms with Gasteiger partial charge in [0, 0.05) is 51.7 Å². The zero-order valence-electron chi connectivity index (χ0n) is 28.6. The monoisotopic (exact) mass is 632 g/mol. The van der Waals surface area contributed by atoms with Crippen molar-refractivity contribution < 1.29 is 0 Å². The predicted molar refractivity (Wildman–Crippen MR) is 210 cm³/mol. The Morgan fingerprint density at radius 2 is 0.918 bits per heavy atom. The van der Waals surface area contributed by atoms with Gasteiger partial charge in [-0.2, -0.15) is 0 Å². The molecule has 2 heteroatoms. The summed E-state index contributed by atoms with van der Waals surface area (Å²) in [4.78, 5) is 2.36. The van der Waals surface area contributed by atoms with E-state index in [9.17, 15) is 0 Å². The number of hydrogen-bond acceptors (Lipinski definition) is 1. The summed E-state index contributed by atoms with van der Waals surface area (Å²) in [5.74, 6) is 0. The van der Waals surface area contributed by atoms with Gasteiger partial charge in [-0.3, -0.25) is 0 Å². The van der Waals surface area contributed by atoms with Crippen LogP contribution in [0.2, 0.25) is 0 Å². The molecular formula is C47H40N2. The maximum absolute atomic E-state index is 2.37. The van der Waals surface area contributed by atoms with Crippen LogP contribution in [0.25, 0.3) is 55.1 Å². The molecule has 8 aromatic rings. The predicted octanol–water partition coefficient (Wildman–Crippen LogP) is 13.1. The van der Waals surface area contributed by atoms with E-state index in [1.165, 1.54) is 60.8 Å². The fraction of sp³-hybridized carbons (Fsp3) is 0.106. The third-order valence-electron chi connectivity index (χ3n) is 9.69. The van der Waals surface area contributed by atoms with E-state index in [1.54, 1.807) is 0 Å². The minimum atomic E-state index is -0.0138. The molecule has 2 nitrogen and oxygen atoms in total. The Balaban J connectivity index is 1.23. The zero-order valence-corrected chi connectivity index (χ0v) is 28.6. The summed E-state index contributed by atoms with van der Waals surface area (Å²) < 4.78 is 2.37. The van der Waals surface area contributed by atoms with Crippen molar-refractivity contribution in [1.29, 1.82) is 0 Å². The molecule has 0 bridgehead atoms. The first kappa shape index (κ1) is 30.5. The SMILES string of the molecule is Cn1c(C(C)(C)C)c(-c2ccc(N(c3ccc(-c4ccccc4)cc3)c3ccc(-c4cccc5ccccc45)cc3)cc2)c2ccccc21. The van der Waals surface area contributed by atoms with E-state index in [1.807, 2.05) is 0 Å². The Hall–Kier alpha value is -5.86. The molecule has 0 amide bonds. The highest BCUT2D eigenvalue weighted by Gasteiger charge is 2.26. The highest BCUT2D eigenvalue weighted by atomic mass is 15.1. The van der Waals surface area contributed by atoms with Crippen LogP contribution in [0.4, 0.5) is 17.1 Å². The van der Waals surface area contributed by atoms with Crippen molar-refractivity contribution in [2.75, 3.05) is 4.90 Å². The second kappa shape index (κ2) is 12.3. The van der Waals surface area contributed by atoms with Gasteiger partial charge < -0.3 is 9.47 Å². The highest BCUT2D eigenvalue weighted by Crippen LogP contribution is 2.43. The lowest BCUT2D eigenvalue weighted by atomic mass is 9.86. The lowest BCUT2D eigenvalue weighted by Gasteiger charge is -2.27. The first-order valence-electron chi connectivity index (χ1n) is 17.1. The van der Waals surface area contributed by atoms with Crippen LogP contribution in [0.5, 0.6) is 0 Å². The second-order valence-electron chi connectivity index (χ2n) is 13.9. The summed E-state index contributed by atoms with van der Waals surface area (Å²) in [6.07, 6.45) is 0. The van der Waals surface area contributed by atoms with E-state index in [0.717, 1.165) is 17.1 Å². The van der Waals surface area contributed by atoms with Crippen LogP contribution in [-0.2, 0) is 12.5 Å². The maximum Gasteiger partial charge on any atom is 0.0486 e. The molecule has 49 heavy (non-hydrogen) atoms. The van der Waals surface area contributed by atoms with Gasteiger partial charge in [0.1, 0.15) is 0 Å². The molecule has 238 valence electrons. The quantitative estimate of drug-likeness (QED) is 0.177. The number of benzene rings is 7. The van der Waals surface area contributed by atoms with Gasteiger partial charge in [-0.05, 0) is 81.1 Å². The minimum absolute atomic E-state index is 0.0138. The van der Waals surface area contributed by atoms with E-state index in [4.69, 9.17) is 0 Å². The van der Waals surface area contributed by atoms with Gasteiger partial charge in [0.05, 0.1) is 0 Å². The van der Waals surface area contributed by atoms with Gasteiger partial charge in [0.2, 0.25) is 0 Å². The third kappa shape index (κ3) is 5.60. The molecule has 0 saturated carbocycles. The van der Waals surface area contributed by atoms with E-state index < -0.39 is 0 Å². The van der Waals surface area contributed by atoms with Crippen LogP contribution < -0.4 is 4.90 Å². The molecule has 7 aromatic carbocycles. The number of fused-ring (bicyclic) bond motifs is 2. The lowest BCUT2D eigenvalue weighted by molar-refractivity contribution is 0.549. The van der Waals surface area contributed by atoms with E-state index in [-0.39, 0.29) is 5.41 Å². The van der Waals surface area contributed by atoms with Gasteiger partial charge in [0.15, 0.2) is 0 Å². The van der Waals surface area contributed by atoms with Crippen LogP contribution in [0.3, 0.4) is 0 Å². The summed E-state index contributed by atoms with van der Waals surface area (Å²) >= 11 is 0. The van der Waals surface area contributed by atoms with Crippen LogP contribution in [0.1, 0.15) is 26.5 Å². The average Bonchev–Trinajstić information content (AvgIpc) is 3.45. The van der Waals surface area contributed by atoms with E-state index in [0.29, 0.717) is 0 Å². The molecule has 8 rings (SSSR count). The van der Waals surface area contributed by atoms with Gasteiger partial charge in [0.25, 0.3) is 0 Å². The summed E-state index contributed by atoms with van der Waals surface area (Å²) in [6, 6.07) is 61.5. The summed E-state index contributed by atoms with van der Waals surface area (Å²) in [5.41, 5.74) is 13.4. The fourth-order valence-electron chi connectivity index (χ4n) is 7.49. The first-order chi connectivity index (χ1) is 23.9. The molecule has 0 aliphatic carbocycles. The molecule has 0 aliphatic rings. The topological polar surface area (TPSA) is 8.17 Å². The Morgan fingerprint density at radius 3 is 1.55 bits per heavy atom. The Labute approximate surface area is 289 Å². The van der Waals surface area contributed by atoms with Crippen molar-refractivity contribution in [3.8, 4) is 33.4 Å². The minimum Gasteiger partial charge on any atom is -0.347 e. The van der Waals surface area contributed by atoms with Crippen molar-refractivity contribution in [3.05, 3.63) is 176 Å². The molecule has 0 unspecified atom stereocenters. The van der Waals surface area contributed by atoms with Crippen LogP contribution in [-0.4, -0.2) is 4.57 Å². The van der Waals surface area contributed by atoms with Crippen molar-refractivity contribution in [2.24, 2.45) is 7.05 Å². The number of nitrogens with zero attached hydrogens (tertiary/aromatic N) is 2. The van der Waals surface area contributed by atoms with Gasteiger partial charge in [-0.15, -0.1) is 0 Å². The average molecular weight is 633 g/mol. The molecule has 1 heterocycles. The van der Waals surface area contributed by atoms with Gasteiger partial charge in [-0.1, -0.05) is 148 Å². The molecule has 0 spiro atoms. The molecule has 0 N–H and O–H groups in total.